The molecule has 1 aromatic carbocycles. The Hall–Kier alpha value is -3.22. The molecule has 0 spiro atoms. The fraction of sp³-hybridized carbons (Fsp3) is 0.118. The minimum atomic E-state index is -3.93. The van der Waals surface area contributed by atoms with Gasteiger partial charge in [0.15, 0.2) is 23.1 Å². The molecule has 1 amide bonds. The van der Waals surface area contributed by atoms with E-state index in [1.165, 1.54) is 34.9 Å². The van der Waals surface area contributed by atoms with E-state index in [0.717, 1.165) is 0 Å². The van der Waals surface area contributed by atoms with Crippen LogP contribution < -0.4 is 10.5 Å². The molecule has 0 aliphatic carbocycles. The van der Waals surface area contributed by atoms with Crippen LogP contribution in [0.1, 0.15) is 16.1 Å². The van der Waals surface area contributed by atoms with Gasteiger partial charge in [0.1, 0.15) is 0 Å². The molecule has 29 heavy (non-hydrogen) atoms. The largest absolute Gasteiger partial charge is 0.451 e. The topological polar surface area (TPSA) is 154 Å². The Bertz CT molecular complexity index is 1160. The number of esters is 1. The van der Waals surface area contributed by atoms with Gasteiger partial charge < -0.3 is 10.1 Å². The molecule has 3 rings (SSSR count). The zero-order chi connectivity index (χ0) is 21.0. The Morgan fingerprint density at radius 2 is 1.97 bits per heavy atom. The quantitative estimate of drug-likeness (QED) is 0.552. The Balaban J connectivity index is 1.60. The maximum Gasteiger partial charge on any atom is 0.358 e. The lowest BCUT2D eigenvalue weighted by molar-refractivity contribution is -0.119. The van der Waals surface area contributed by atoms with Crippen LogP contribution in [0.5, 0.6) is 0 Å². The van der Waals surface area contributed by atoms with Gasteiger partial charge in [0.2, 0.25) is 10.0 Å². The van der Waals surface area contributed by atoms with Gasteiger partial charge in [-0.3, -0.25) is 4.79 Å². The first kappa shape index (κ1) is 20.5. The van der Waals surface area contributed by atoms with Crippen LogP contribution in [0.3, 0.4) is 0 Å². The maximum atomic E-state index is 12.1. The smallest absolute Gasteiger partial charge is 0.358 e. The highest BCUT2D eigenvalue weighted by Crippen LogP contribution is 2.20. The zero-order valence-electron chi connectivity index (χ0n) is 15.0. The van der Waals surface area contributed by atoms with Crippen LogP contribution in [0.4, 0.5) is 5.69 Å². The molecule has 0 radical (unpaired) electrons. The Kier molecular flexibility index (Phi) is 5.96. The summed E-state index contributed by atoms with van der Waals surface area (Å²) in [5.74, 6) is -1.06. The predicted octanol–water partition coefficient (Wildman–Crippen LogP) is 1.35. The molecule has 0 saturated heterocycles. The summed E-state index contributed by atoms with van der Waals surface area (Å²) >= 11 is 1.17. The van der Waals surface area contributed by atoms with Gasteiger partial charge in [-0.25, -0.2) is 33.3 Å². The number of aromatic nitrogens is 3. The summed E-state index contributed by atoms with van der Waals surface area (Å²) in [4.78, 5) is 36.2. The number of hydrogen-bond acceptors (Lipinski definition) is 9. The van der Waals surface area contributed by atoms with E-state index in [-0.39, 0.29) is 16.3 Å². The highest BCUT2D eigenvalue weighted by molar-refractivity contribution is 7.89. The van der Waals surface area contributed by atoms with Crippen LogP contribution in [-0.4, -0.2) is 41.9 Å². The molecule has 10 nitrogen and oxygen atoms in total. The predicted molar refractivity (Wildman–Crippen MR) is 105 cm³/mol. The first-order valence-corrected chi connectivity index (χ1v) is 10.5. The number of anilines is 1. The summed E-state index contributed by atoms with van der Waals surface area (Å²) in [5.41, 5.74) is 0.675. The average molecular weight is 433 g/mol. The van der Waals surface area contributed by atoms with Crippen LogP contribution in [-0.2, 0) is 19.6 Å². The third-order valence-corrected chi connectivity index (χ3v) is 5.47. The monoisotopic (exact) mass is 433 g/mol. The van der Waals surface area contributed by atoms with Crippen molar-refractivity contribution in [3.8, 4) is 10.8 Å². The van der Waals surface area contributed by atoms with Crippen molar-refractivity contribution in [1.82, 2.24) is 15.0 Å². The number of aryl methyl sites for hydroxylation is 1. The van der Waals surface area contributed by atoms with Crippen molar-refractivity contribution < 1.29 is 22.7 Å². The lowest BCUT2D eigenvalue weighted by atomic mass is 10.2. The van der Waals surface area contributed by atoms with Gasteiger partial charge >= 0.3 is 5.97 Å². The third-order valence-electron chi connectivity index (χ3n) is 3.58. The second-order valence-corrected chi connectivity index (χ2v) is 8.15. The van der Waals surface area contributed by atoms with E-state index < -0.39 is 28.5 Å². The van der Waals surface area contributed by atoms with Crippen molar-refractivity contribution in [2.75, 3.05) is 11.9 Å². The van der Waals surface area contributed by atoms with Gasteiger partial charge in [-0.15, -0.1) is 11.3 Å². The molecule has 3 N–H and O–H groups in total. The first-order chi connectivity index (χ1) is 13.7. The highest BCUT2D eigenvalue weighted by Gasteiger charge is 2.17. The van der Waals surface area contributed by atoms with Gasteiger partial charge in [0.05, 0.1) is 4.90 Å². The van der Waals surface area contributed by atoms with E-state index in [2.05, 4.69) is 20.3 Å². The number of nitrogens with one attached hydrogen (secondary N) is 1. The highest BCUT2D eigenvalue weighted by atomic mass is 32.2. The van der Waals surface area contributed by atoms with Gasteiger partial charge in [-0.2, -0.15) is 0 Å². The molecule has 3 aromatic rings. The third kappa shape index (κ3) is 5.19. The summed E-state index contributed by atoms with van der Waals surface area (Å²) in [5, 5.41) is 9.50. The number of ether oxygens (including phenoxy) is 1. The van der Waals surface area contributed by atoms with Crippen molar-refractivity contribution >= 4 is 38.9 Å². The van der Waals surface area contributed by atoms with E-state index in [9.17, 15) is 18.0 Å². The Labute approximate surface area is 169 Å². The van der Waals surface area contributed by atoms with Crippen LogP contribution >= 0.6 is 11.3 Å². The van der Waals surface area contributed by atoms with E-state index in [1.54, 1.807) is 25.4 Å². The van der Waals surface area contributed by atoms with E-state index in [1.807, 2.05) is 0 Å². The number of primary sulfonamides is 1. The fourth-order valence-corrected chi connectivity index (χ4v) is 3.81. The number of carbonyl (C=O) groups excluding carboxylic acids is 2. The maximum absolute atomic E-state index is 12.1. The number of thiazole rings is 1. The molecule has 150 valence electrons. The van der Waals surface area contributed by atoms with Crippen molar-refractivity contribution in [2.24, 2.45) is 5.14 Å². The lowest BCUT2D eigenvalue weighted by Gasteiger charge is -2.09. The molecule has 0 saturated carbocycles. The summed E-state index contributed by atoms with van der Waals surface area (Å²) in [6.07, 6.45) is 3.11. The van der Waals surface area contributed by atoms with E-state index in [0.29, 0.717) is 16.4 Å². The van der Waals surface area contributed by atoms with Crippen LogP contribution in [0.15, 0.2) is 46.9 Å². The van der Waals surface area contributed by atoms with E-state index in [4.69, 9.17) is 9.88 Å². The number of carbonyl (C=O) groups is 2. The van der Waals surface area contributed by atoms with Gasteiger partial charge in [0.25, 0.3) is 5.91 Å². The van der Waals surface area contributed by atoms with Crippen LogP contribution in [0.25, 0.3) is 10.8 Å². The summed E-state index contributed by atoms with van der Waals surface area (Å²) in [6, 6.07) is 5.90. The minimum Gasteiger partial charge on any atom is -0.451 e. The lowest BCUT2D eigenvalue weighted by Crippen LogP contribution is -2.21. The van der Waals surface area contributed by atoms with Gasteiger partial charge in [-0.05, 0) is 30.7 Å². The Morgan fingerprint density at radius 3 is 2.66 bits per heavy atom. The molecule has 0 atom stereocenters. The molecule has 2 heterocycles. The fourth-order valence-electron chi connectivity index (χ4n) is 2.27. The molecule has 12 heteroatoms. The number of nitrogens with two attached hydrogens (primary N) is 1. The normalized spacial score (nSPS) is 11.1. The number of benzene rings is 1. The molecular weight excluding hydrogens is 418 g/mol. The van der Waals surface area contributed by atoms with Crippen molar-refractivity contribution in [3.05, 3.63) is 53.3 Å². The second kappa shape index (κ2) is 8.43. The van der Waals surface area contributed by atoms with Crippen molar-refractivity contribution in [3.63, 3.8) is 0 Å². The van der Waals surface area contributed by atoms with E-state index >= 15 is 0 Å². The van der Waals surface area contributed by atoms with Gasteiger partial charge in [-0.1, -0.05) is 6.07 Å². The first-order valence-electron chi connectivity index (χ1n) is 8.07. The Morgan fingerprint density at radius 1 is 1.24 bits per heavy atom. The molecule has 0 bridgehead atoms. The zero-order valence-corrected chi connectivity index (χ0v) is 16.7. The minimum absolute atomic E-state index is 0.0251. The summed E-state index contributed by atoms with van der Waals surface area (Å²) in [6.45, 7) is 1.00. The SMILES string of the molecule is Cc1ccc(NC(=O)COC(=O)c2csc(-c3ncccn3)n2)cc1S(N)(=O)=O. The molecule has 0 aliphatic heterocycles. The number of rotatable bonds is 6. The number of nitrogens with zero attached hydrogens (tertiary/aromatic N) is 3. The van der Waals surface area contributed by atoms with Crippen molar-refractivity contribution in [1.29, 1.82) is 0 Å². The average Bonchev–Trinajstić information content (AvgIpc) is 3.18. The molecular formula is C17H15N5O5S2. The summed E-state index contributed by atoms with van der Waals surface area (Å²) in [7, 11) is -3.93. The van der Waals surface area contributed by atoms with Gasteiger partial charge in [0, 0.05) is 23.5 Å². The van der Waals surface area contributed by atoms with Crippen molar-refractivity contribution in [2.45, 2.75) is 11.8 Å². The van der Waals surface area contributed by atoms with Crippen LogP contribution in [0, 0.1) is 6.92 Å². The summed E-state index contributed by atoms with van der Waals surface area (Å²) < 4.78 is 28.0. The number of amides is 1. The second-order valence-electron chi connectivity index (χ2n) is 5.76. The standard InChI is InChI=1S/C17H15N5O5S2/c1-10-3-4-11(7-13(10)29(18,25)26)21-14(23)8-27-17(24)12-9-28-16(22-12)15-19-5-2-6-20-15/h2-7,9H,8H2,1H3,(H,21,23)(H2,18,25,26). The number of hydrogen-bond donors (Lipinski definition) is 2. The molecule has 2 aromatic heterocycles. The number of sulfonamides is 1. The molecule has 0 aliphatic rings. The molecule has 0 fully saturated rings. The molecule has 0 unspecified atom stereocenters. The van der Waals surface area contributed by atoms with Crippen LogP contribution in [0.2, 0.25) is 0 Å².